The van der Waals surface area contributed by atoms with Crippen molar-refractivity contribution < 1.29 is 18.0 Å². The van der Waals surface area contributed by atoms with Crippen LogP contribution >= 0.6 is 22.9 Å². The van der Waals surface area contributed by atoms with Gasteiger partial charge in [-0.3, -0.25) is 9.78 Å². The lowest BCUT2D eigenvalue weighted by atomic mass is 10.1. The van der Waals surface area contributed by atoms with E-state index < -0.39 is 17.6 Å². The van der Waals surface area contributed by atoms with Gasteiger partial charge in [0.1, 0.15) is 9.71 Å². The fourth-order valence-electron chi connectivity index (χ4n) is 3.09. The molecule has 158 valence electrons. The van der Waals surface area contributed by atoms with Gasteiger partial charge in [0.25, 0.3) is 5.91 Å². The molecule has 1 amide bonds. The number of halogens is 4. The SMILES string of the molecule is Nc1c(C(=O)NCc2cccnc2)sc2nc(-c3ccccc3Cl)cc(C(F)(F)F)c12. The largest absolute Gasteiger partial charge is 0.417 e. The molecule has 4 rings (SSSR count). The zero-order valence-electron chi connectivity index (χ0n) is 15.7. The van der Waals surface area contributed by atoms with Gasteiger partial charge in [0.2, 0.25) is 0 Å². The second kappa shape index (κ2) is 8.16. The Labute approximate surface area is 183 Å². The van der Waals surface area contributed by atoms with Crippen LogP contribution in [0.15, 0.2) is 54.9 Å². The number of nitrogens with two attached hydrogens (primary N) is 1. The van der Waals surface area contributed by atoms with Crippen molar-refractivity contribution in [3.8, 4) is 11.3 Å². The van der Waals surface area contributed by atoms with Crippen molar-refractivity contribution in [3.63, 3.8) is 0 Å². The van der Waals surface area contributed by atoms with Crippen LogP contribution in [0.25, 0.3) is 21.5 Å². The molecule has 0 unspecified atom stereocenters. The fraction of sp³-hybridized carbons (Fsp3) is 0.0952. The van der Waals surface area contributed by atoms with E-state index in [9.17, 15) is 18.0 Å². The molecule has 10 heteroatoms. The number of thiophene rings is 1. The Morgan fingerprint density at radius 2 is 1.97 bits per heavy atom. The molecule has 0 aliphatic heterocycles. The molecule has 0 fully saturated rings. The van der Waals surface area contributed by atoms with Crippen LogP contribution in [0, 0.1) is 0 Å². The van der Waals surface area contributed by atoms with Crippen LogP contribution in [0.3, 0.4) is 0 Å². The number of rotatable bonds is 4. The second-order valence-corrected chi connectivity index (χ2v) is 8.01. The maximum atomic E-state index is 13.9. The average molecular weight is 463 g/mol. The third kappa shape index (κ3) is 4.19. The summed E-state index contributed by atoms with van der Waals surface area (Å²) in [7, 11) is 0. The highest BCUT2D eigenvalue weighted by atomic mass is 35.5. The normalized spacial score (nSPS) is 11.6. The predicted molar refractivity (Wildman–Crippen MR) is 115 cm³/mol. The number of anilines is 1. The van der Waals surface area contributed by atoms with Gasteiger partial charge >= 0.3 is 6.18 Å². The molecular weight excluding hydrogens is 449 g/mol. The summed E-state index contributed by atoms with van der Waals surface area (Å²) in [6.07, 6.45) is -1.53. The van der Waals surface area contributed by atoms with E-state index in [4.69, 9.17) is 17.3 Å². The Bertz CT molecular complexity index is 1280. The van der Waals surface area contributed by atoms with E-state index >= 15 is 0 Å². The van der Waals surface area contributed by atoms with Crippen LogP contribution < -0.4 is 11.1 Å². The molecule has 0 saturated carbocycles. The van der Waals surface area contributed by atoms with Crippen LogP contribution in [0.1, 0.15) is 20.8 Å². The zero-order chi connectivity index (χ0) is 22.2. The molecule has 3 N–H and O–H groups in total. The van der Waals surface area contributed by atoms with Gasteiger partial charge in [-0.1, -0.05) is 35.9 Å². The van der Waals surface area contributed by atoms with Gasteiger partial charge in [-0.2, -0.15) is 13.2 Å². The maximum Gasteiger partial charge on any atom is 0.417 e. The summed E-state index contributed by atoms with van der Waals surface area (Å²) in [6, 6.07) is 10.9. The summed E-state index contributed by atoms with van der Waals surface area (Å²) in [4.78, 5) is 20.9. The second-order valence-electron chi connectivity index (χ2n) is 6.60. The number of hydrogen-bond acceptors (Lipinski definition) is 5. The van der Waals surface area contributed by atoms with Gasteiger partial charge < -0.3 is 11.1 Å². The topological polar surface area (TPSA) is 80.9 Å². The van der Waals surface area contributed by atoms with E-state index in [0.717, 1.165) is 23.0 Å². The summed E-state index contributed by atoms with van der Waals surface area (Å²) in [5, 5.41) is 2.63. The minimum atomic E-state index is -4.70. The number of aromatic nitrogens is 2. The van der Waals surface area contributed by atoms with Crippen LogP contribution in [0.5, 0.6) is 0 Å². The van der Waals surface area contributed by atoms with Gasteiger partial charge in [0.15, 0.2) is 0 Å². The predicted octanol–water partition coefficient (Wildman–Crippen LogP) is 5.54. The lowest BCUT2D eigenvalue weighted by molar-refractivity contribution is -0.136. The van der Waals surface area contributed by atoms with Gasteiger partial charge in [-0.25, -0.2) is 4.98 Å². The summed E-state index contributed by atoms with van der Waals surface area (Å²) in [5.41, 5.74) is 5.92. The minimum Gasteiger partial charge on any atom is -0.397 e. The smallest absolute Gasteiger partial charge is 0.397 e. The number of benzene rings is 1. The van der Waals surface area contributed by atoms with Crippen molar-refractivity contribution in [2.75, 3.05) is 5.73 Å². The lowest BCUT2D eigenvalue weighted by Crippen LogP contribution is -2.22. The number of alkyl halides is 3. The van der Waals surface area contributed by atoms with Crippen molar-refractivity contribution in [2.24, 2.45) is 0 Å². The molecule has 1 aromatic carbocycles. The fourth-order valence-corrected chi connectivity index (χ4v) is 4.35. The van der Waals surface area contributed by atoms with E-state index in [-0.39, 0.29) is 38.0 Å². The molecule has 4 aromatic rings. The number of carbonyl (C=O) groups excluding carboxylic acids is 1. The number of pyridine rings is 2. The van der Waals surface area contributed by atoms with Crippen molar-refractivity contribution in [2.45, 2.75) is 12.7 Å². The lowest BCUT2D eigenvalue weighted by Gasteiger charge is -2.12. The molecule has 0 aliphatic carbocycles. The number of nitrogen functional groups attached to an aromatic ring is 1. The van der Waals surface area contributed by atoms with Crippen molar-refractivity contribution in [1.82, 2.24) is 15.3 Å². The molecule has 0 bridgehead atoms. The molecule has 0 atom stereocenters. The summed E-state index contributed by atoms with van der Waals surface area (Å²) >= 11 is 6.96. The first-order chi connectivity index (χ1) is 14.8. The molecule has 31 heavy (non-hydrogen) atoms. The summed E-state index contributed by atoms with van der Waals surface area (Å²) < 4.78 is 41.6. The molecule has 0 aliphatic rings. The Morgan fingerprint density at radius 1 is 1.19 bits per heavy atom. The molecule has 0 radical (unpaired) electrons. The highest BCUT2D eigenvalue weighted by Gasteiger charge is 2.36. The monoisotopic (exact) mass is 462 g/mol. The molecular formula is C21H14ClF3N4OS. The van der Waals surface area contributed by atoms with E-state index in [1.807, 2.05) is 0 Å². The first-order valence-corrected chi connectivity index (χ1v) is 10.2. The molecule has 0 saturated heterocycles. The Kier molecular flexibility index (Phi) is 5.55. The van der Waals surface area contributed by atoms with E-state index in [1.165, 1.54) is 0 Å². The highest BCUT2D eigenvalue weighted by molar-refractivity contribution is 7.21. The minimum absolute atomic E-state index is 0.00812. The first-order valence-electron chi connectivity index (χ1n) is 8.98. The zero-order valence-corrected chi connectivity index (χ0v) is 17.3. The Hall–Kier alpha value is -3.17. The highest BCUT2D eigenvalue weighted by Crippen LogP contribution is 2.44. The quantitative estimate of drug-likeness (QED) is 0.417. The van der Waals surface area contributed by atoms with Gasteiger partial charge in [0.05, 0.1) is 16.9 Å². The van der Waals surface area contributed by atoms with Gasteiger partial charge in [-0.05, 0) is 23.8 Å². The maximum absolute atomic E-state index is 13.9. The van der Waals surface area contributed by atoms with Crippen LogP contribution in [-0.4, -0.2) is 15.9 Å². The number of hydrogen-bond donors (Lipinski definition) is 2. The number of carbonyl (C=O) groups is 1. The molecule has 3 aromatic heterocycles. The third-order valence-electron chi connectivity index (χ3n) is 4.54. The van der Waals surface area contributed by atoms with Crippen molar-refractivity contribution in [3.05, 3.63) is 75.9 Å². The van der Waals surface area contributed by atoms with Crippen molar-refractivity contribution in [1.29, 1.82) is 0 Å². The van der Waals surface area contributed by atoms with Crippen LogP contribution in [0.2, 0.25) is 5.02 Å². The molecule has 5 nitrogen and oxygen atoms in total. The molecule has 0 spiro atoms. The number of nitrogens with zero attached hydrogens (tertiary/aromatic N) is 2. The van der Waals surface area contributed by atoms with E-state index in [0.29, 0.717) is 5.56 Å². The number of amides is 1. The standard InChI is InChI=1S/C21H14ClF3N4OS/c22-14-6-2-1-5-12(14)15-8-13(21(23,24)25)16-17(26)18(31-20(16)29-15)19(30)28-10-11-4-3-7-27-9-11/h1-9H,10,26H2,(H,28,30). The first kappa shape index (κ1) is 21.1. The van der Waals surface area contributed by atoms with E-state index in [1.54, 1.807) is 48.8 Å². The molecule has 3 heterocycles. The average Bonchev–Trinajstić information content (AvgIpc) is 3.08. The van der Waals surface area contributed by atoms with Gasteiger partial charge in [-0.15, -0.1) is 11.3 Å². The Morgan fingerprint density at radius 3 is 2.65 bits per heavy atom. The van der Waals surface area contributed by atoms with Crippen LogP contribution in [0.4, 0.5) is 18.9 Å². The summed E-state index contributed by atoms with van der Waals surface area (Å²) in [6.45, 7) is 0.158. The van der Waals surface area contributed by atoms with Crippen LogP contribution in [-0.2, 0) is 12.7 Å². The van der Waals surface area contributed by atoms with Crippen molar-refractivity contribution >= 4 is 44.7 Å². The Balaban J connectivity index is 1.80. The third-order valence-corrected chi connectivity index (χ3v) is 5.96. The summed E-state index contributed by atoms with van der Waals surface area (Å²) in [5.74, 6) is -0.586. The van der Waals surface area contributed by atoms with E-state index in [2.05, 4.69) is 15.3 Å². The van der Waals surface area contributed by atoms with Gasteiger partial charge in [0, 0.05) is 34.9 Å². The number of nitrogens with one attached hydrogen (secondary N) is 1. The number of fused-ring (bicyclic) bond motifs is 1.